The summed E-state index contributed by atoms with van der Waals surface area (Å²) in [7, 11) is 0. The van der Waals surface area contributed by atoms with Crippen LogP contribution in [-0.4, -0.2) is 29.9 Å². The smallest absolute Gasteiger partial charge is 0.236 e. The van der Waals surface area contributed by atoms with Crippen LogP contribution < -0.4 is 4.74 Å². The fourth-order valence-corrected chi connectivity index (χ4v) is 2.88. The third-order valence-electron chi connectivity index (χ3n) is 4.22. The number of carbonyl (C=O) groups is 2. The molecule has 1 aliphatic rings. The van der Waals surface area contributed by atoms with Crippen molar-refractivity contribution in [1.29, 1.82) is 0 Å². The maximum absolute atomic E-state index is 12.4. The van der Waals surface area contributed by atoms with Gasteiger partial charge in [-0.25, -0.2) is 0 Å². The van der Waals surface area contributed by atoms with Crippen LogP contribution in [0.5, 0.6) is 5.75 Å². The molecule has 114 valence electrons. The number of imide groups is 1. The fourth-order valence-electron chi connectivity index (χ4n) is 2.70. The van der Waals surface area contributed by atoms with E-state index in [1.54, 1.807) is 24.3 Å². The molecule has 0 N–H and O–H groups in total. The molecule has 1 fully saturated rings. The lowest BCUT2D eigenvalue weighted by atomic mass is 9.81. The summed E-state index contributed by atoms with van der Waals surface area (Å²) in [6, 6.07) is 7.06. The van der Waals surface area contributed by atoms with Crippen molar-refractivity contribution in [3.63, 3.8) is 0 Å². The van der Waals surface area contributed by atoms with E-state index >= 15 is 0 Å². The molecule has 0 saturated carbocycles. The van der Waals surface area contributed by atoms with Crippen molar-refractivity contribution in [2.75, 3.05) is 13.2 Å². The lowest BCUT2D eigenvalue weighted by Gasteiger charge is -2.23. The molecule has 4 nitrogen and oxygen atoms in total. The number of halogens is 1. The van der Waals surface area contributed by atoms with Crippen LogP contribution in [0, 0.1) is 5.41 Å². The highest BCUT2D eigenvalue weighted by Crippen LogP contribution is 2.38. The number of rotatable bonds is 6. The van der Waals surface area contributed by atoms with E-state index in [0.717, 1.165) is 0 Å². The van der Waals surface area contributed by atoms with E-state index in [9.17, 15) is 9.59 Å². The summed E-state index contributed by atoms with van der Waals surface area (Å²) < 4.78 is 5.55. The van der Waals surface area contributed by atoms with Crippen LogP contribution in [0.15, 0.2) is 24.3 Å². The van der Waals surface area contributed by atoms with Gasteiger partial charge in [-0.05, 0) is 31.0 Å². The Hall–Kier alpha value is -1.55. The molecule has 1 aliphatic heterocycles. The standard InChI is InChI=1S/C16H20ClNO3/c1-3-16(4-2)11-14(19)18(15(16)20)8-9-21-13-7-5-6-12(17)10-13/h5-7,10H,3-4,8-9,11H2,1-2H3. The van der Waals surface area contributed by atoms with Gasteiger partial charge in [0.05, 0.1) is 12.0 Å². The molecule has 0 radical (unpaired) electrons. The van der Waals surface area contributed by atoms with Crippen molar-refractivity contribution in [2.24, 2.45) is 5.41 Å². The lowest BCUT2D eigenvalue weighted by molar-refractivity contribution is -0.142. The summed E-state index contributed by atoms with van der Waals surface area (Å²) >= 11 is 5.87. The average molecular weight is 310 g/mol. The number of hydrogen-bond acceptors (Lipinski definition) is 3. The summed E-state index contributed by atoms with van der Waals surface area (Å²) in [5, 5.41) is 0.594. The SMILES string of the molecule is CCC1(CC)CC(=O)N(CCOc2cccc(Cl)c2)C1=O. The number of hydrogen-bond donors (Lipinski definition) is 0. The number of likely N-dealkylation sites (tertiary alicyclic amines) is 1. The summed E-state index contributed by atoms with van der Waals surface area (Å²) in [5.74, 6) is 0.476. The van der Waals surface area contributed by atoms with E-state index in [4.69, 9.17) is 16.3 Å². The normalized spacial score (nSPS) is 17.4. The molecule has 1 aromatic rings. The van der Waals surface area contributed by atoms with Crippen LogP contribution in [-0.2, 0) is 9.59 Å². The van der Waals surface area contributed by atoms with Gasteiger partial charge in [0.15, 0.2) is 0 Å². The van der Waals surface area contributed by atoms with Crippen molar-refractivity contribution >= 4 is 23.4 Å². The molecular weight excluding hydrogens is 290 g/mol. The molecule has 2 amide bonds. The van der Waals surface area contributed by atoms with Crippen LogP contribution in [0.3, 0.4) is 0 Å². The monoisotopic (exact) mass is 309 g/mol. The van der Waals surface area contributed by atoms with Gasteiger partial charge < -0.3 is 4.74 Å². The molecule has 21 heavy (non-hydrogen) atoms. The van der Waals surface area contributed by atoms with E-state index in [1.807, 2.05) is 13.8 Å². The van der Waals surface area contributed by atoms with Crippen LogP contribution in [0.4, 0.5) is 0 Å². The first-order valence-corrected chi connectivity index (χ1v) is 7.63. The molecule has 0 atom stereocenters. The van der Waals surface area contributed by atoms with Crippen LogP contribution >= 0.6 is 11.6 Å². The Bertz CT molecular complexity index is 540. The Balaban J connectivity index is 1.94. The molecule has 2 rings (SSSR count). The summed E-state index contributed by atoms with van der Waals surface area (Å²) in [6.07, 6.45) is 1.70. The minimum absolute atomic E-state index is 0.0628. The van der Waals surface area contributed by atoms with Gasteiger partial charge in [-0.3, -0.25) is 14.5 Å². The Morgan fingerprint density at radius 1 is 1.29 bits per heavy atom. The van der Waals surface area contributed by atoms with Gasteiger partial charge in [0.1, 0.15) is 12.4 Å². The second-order valence-corrected chi connectivity index (χ2v) is 5.76. The van der Waals surface area contributed by atoms with Crippen LogP contribution in [0.2, 0.25) is 5.02 Å². The number of benzene rings is 1. The predicted octanol–water partition coefficient (Wildman–Crippen LogP) is 3.28. The highest BCUT2D eigenvalue weighted by atomic mass is 35.5. The second-order valence-electron chi connectivity index (χ2n) is 5.32. The number of nitrogens with zero attached hydrogens (tertiary/aromatic N) is 1. The first kappa shape index (κ1) is 15.8. The van der Waals surface area contributed by atoms with Crippen LogP contribution in [0.25, 0.3) is 0 Å². The molecule has 0 unspecified atom stereocenters. The van der Waals surface area contributed by atoms with Gasteiger partial charge in [-0.2, -0.15) is 0 Å². The Kier molecular flexibility index (Phi) is 4.88. The largest absolute Gasteiger partial charge is 0.492 e. The van der Waals surface area contributed by atoms with E-state index in [1.165, 1.54) is 4.90 Å². The summed E-state index contributed by atoms with van der Waals surface area (Å²) in [5.41, 5.74) is -0.507. The topological polar surface area (TPSA) is 46.6 Å². The fraction of sp³-hybridized carbons (Fsp3) is 0.500. The zero-order chi connectivity index (χ0) is 15.5. The molecular formula is C16H20ClNO3. The van der Waals surface area contributed by atoms with Gasteiger partial charge in [-0.15, -0.1) is 0 Å². The first-order chi connectivity index (χ1) is 10.0. The van der Waals surface area contributed by atoms with Gasteiger partial charge in [0.25, 0.3) is 0 Å². The Morgan fingerprint density at radius 2 is 2.00 bits per heavy atom. The quantitative estimate of drug-likeness (QED) is 0.758. The van der Waals surface area contributed by atoms with Crippen LogP contribution in [0.1, 0.15) is 33.1 Å². The minimum atomic E-state index is -0.507. The molecule has 0 bridgehead atoms. The van der Waals surface area contributed by atoms with Crippen molar-refractivity contribution < 1.29 is 14.3 Å². The van der Waals surface area contributed by atoms with Gasteiger partial charge in [0, 0.05) is 11.4 Å². The molecule has 5 heteroatoms. The predicted molar refractivity (Wildman–Crippen MR) is 81.3 cm³/mol. The zero-order valence-corrected chi connectivity index (χ0v) is 13.2. The molecule has 1 saturated heterocycles. The molecule has 0 aliphatic carbocycles. The highest BCUT2D eigenvalue weighted by Gasteiger charge is 2.48. The van der Waals surface area contributed by atoms with E-state index in [-0.39, 0.29) is 25.0 Å². The van der Waals surface area contributed by atoms with Crippen molar-refractivity contribution in [2.45, 2.75) is 33.1 Å². The van der Waals surface area contributed by atoms with Gasteiger partial charge in [-0.1, -0.05) is 31.5 Å². The van der Waals surface area contributed by atoms with Crippen molar-refractivity contribution in [3.8, 4) is 5.75 Å². The maximum Gasteiger partial charge on any atom is 0.236 e. The third kappa shape index (κ3) is 3.21. The van der Waals surface area contributed by atoms with E-state index in [2.05, 4.69) is 0 Å². The molecule has 0 spiro atoms. The lowest BCUT2D eigenvalue weighted by Crippen LogP contribution is -2.37. The molecule has 1 aromatic carbocycles. The molecule has 1 heterocycles. The van der Waals surface area contributed by atoms with Crippen molar-refractivity contribution in [3.05, 3.63) is 29.3 Å². The highest BCUT2D eigenvalue weighted by molar-refractivity contribution is 6.30. The molecule has 0 aromatic heterocycles. The third-order valence-corrected chi connectivity index (χ3v) is 4.46. The Labute approximate surface area is 130 Å². The second kappa shape index (κ2) is 6.48. The Morgan fingerprint density at radius 3 is 2.57 bits per heavy atom. The van der Waals surface area contributed by atoms with Crippen molar-refractivity contribution in [1.82, 2.24) is 4.90 Å². The number of ether oxygens (including phenoxy) is 1. The first-order valence-electron chi connectivity index (χ1n) is 7.25. The maximum atomic E-state index is 12.4. The average Bonchev–Trinajstić information content (AvgIpc) is 2.72. The van der Waals surface area contributed by atoms with E-state index < -0.39 is 5.41 Å². The minimum Gasteiger partial charge on any atom is -0.492 e. The van der Waals surface area contributed by atoms with E-state index in [0.29, 0.717) is 30.0 Å². The summed E-state index contributed by atoms with van der Waals surface area (Å²) in [6.45, 7) is 4.48. The number of amides is 2. The van der Waals surface area contributed by atoms with Gasteiger partial charge >= 0.3 is 0 Å². The zero-order valence-electron chi connectivity index (χ0n) is 12.4. The summed E-state index contributed by atoms with van der Waals surface area (Å²) in [4.78, 5) is 25.8. The number of carbonyl (C=O) groups excluding carboxylic acids is 2. The van der Waals surface area contributed by atoms with Gasteiger partial charge in [0.2, 0.25) is 11.8 Å².